The number of nitrogens with zero attached hydrogens (tertiary/aromatic N) is 3. The first-order valence-electron chi connectivity index (χ1n) is 10.5. The van der Waals surface area contributed by atoms with Gasteiger partial charge in [0.1, 0.15) is 11.6 Å². The van der Waals surface area contributed by atoms with E-state index in [0.717, 1.165) is 0 Å². The van der Waals surface area contributed by atoms with Gasteiger partial charge in [-0.2, -0.15) is 5.10 Å². The highest BCUT2D eigenvalue weighted by Gasteiger charge is 2.38. The number of ether oxygens (including phenoxy) is 1. The zero-order valence-electron chi connectivity index (χ0n) is 17.9. The van der Waals surface area contributed by atoms with Crippen molar-refractivity contribution in [1.29, 1.82) is 0 Å². The smallest absolute Gasteiger partial charge is 0.230 e. The number of nitrogens with one attached hydrogen (secondary N) is 1. The molecule has 33 heavy (non-hydrogen) atoms. The van der Waals surface area contributed by atoms with E-state index in [2.05, 4.69) is 10.4 Å². The summed E-state index contributed by atoms with van der Waals surface area (Å²) in [5.41, 5.74) is 2.25. The molecule has 1 saturated heterocycles. The first-order chi connectivity index (χ1) is 15.9. The third-order valence-corrected chi connectivity index (χ3v) is 7.34. The van der Waals surface area contributed by atoms with Crippen molar-refractivity contribution < 1.29 is 22.7 Å². The monoisotopic (exact) mass is 466 g/mol. The summed E-state index contributed by atoms with van der Waals surface area (Å²) in [6.07, 6.45) is 0.0455. The van der Waals surface area contributed by atoms with Crippen molar-refractivity contribution >= 4 is 33.2 Å². The summed E-state index contributed by atoms with van der Waals surface area (Å²) in [7, 11) is -1.77. The van der Waals surface area contributed by atoms with E-state index < -0.39 is 15.8 Å². The van der Waals surface area contributed by atoms with Gasteiger partial charge in [-0.15, -0.1) is 0 Å². The molecule has 1 N–H and O–H groups in total. The molecule has 5 rings (SSSR count). The molecule has 3 heterocycles. The third-order valence-electron chi connectivity index (χ3n) is 5.90. The zero-order chi connectivity index (χ0) is 23.2. The molecule has 2 amide bonds. The summed E-state index contributed by atoms with van der Waals surface area (Å²) < 4.78 is 31.3. The van der Waals surface area contributed by atoms with Crippen molar-refractivity contribution in [3.63, 3.8) is 0 Å². The van der Waals surface area contributed by atoms with Gasteiger partial charge >= 0.3 is 0 Å². The first kappa shape index (κ1) is 21.2. The maximum atomic E-state index is 13.2. The van der Waals surface area contributed by atoms with E-state index in [1.54, 1.807) is 27.8 Å². The molecule has 2 aromatic carbocycles. The molecular weight excluding hydrogens is 444 g/mol. The maximum absolute atomic E-state index is 13.2. The van der Waals surface area contributed by atoms with Gasteiger partial charge in [-0.05, 0) is 24.3 Å². The lowest BCUT2D eigenvalue weighted by atomic mass is 10.1. The molecule has 1 atom stereocenters. The molecule has 10 heteroatoms. The van der Waals surface area contributed by atoms with Gasteiger partial charge in [-0.1, -0.05) is 30.3 Å². The number of carbonyl (C=O) groups is 2. The number of sulfone groups is 1. The highest BCUT2D eigenvalue weighted by atomic mass is 32.2. The number of fused-ring (bicyclic) bond motifs is 1. The van der Waals surface area contributed by atoms with Gasteiger partial charge in [0.25, 0.3) is 0 Å². The Morgan fingerprint density at radius 2 is 1.82 bits per heavy atom. The largest absolute Gasteiger partial charge is 0.495 e. The van der Waals surface area contributed by atoms with Crippen LogP contribution in [0.5, 0.6) is 5.75 Å². The molecule has 0 spiro atoms. The van der Waals surface area contributed by atoms with Gasteiger partial charge in [-0.25, -0.2) is 13.1 Å². The molecule has 2 aliphatic heterocycles. The minimum absolute atomic E-state index is 0.0455. The summed E-state index contributed by atoms with van der Waals surface area (Å²) >= 11 is 0. The number of amides is 2. The highest BCUT2D eigenvalue weighted by molar-refractivity contribution is 7.90. The summed E-state index contributed by atoms with van der Waals surface area (Å²) in [4.78, 5) is 27.5. The molecule has 170 valence electrons. The number of anilines is 2. The van der Waals surface area contributed by atoms with Crippen LogP contribution in [-0.4, -0.2) is 43.7 Å². The Kier molecular flexibility index (Phi) is 5.16. The van der Waals surface area contributed by atoms with E-state index in [0.29, 0.717) is 34.2 Å². The number of rotatable bonds is 5. The quantitative estimate of drug-likeness (QED) is 0.618. The standard InChI is InChI=1S/C23H22N4O5S/c1-32-20-10-6-5-9-19(20)26-12-15(11-21(26)28)23(29)24-22-17-13-33(30,31)14-18(17)25-27(22)16-7-3-2-4-8-16/h2-10,15H,11-14H2,1H3,(H,24,29). The van der Waals surface area contributed by atoms with Gasteiger partial charge < -0.3 is 15.0 Å². The van der Waals surface area contributed by atoms with Crippen LogP contribution in [0.25, 0.3) is 5.69 Å². The van der Waals surface area contributed by atoms with Crippen LogP contribution in [0, 0.1) is 5.92 Å². The van der Waals surface area contributed by atoms with Crippen LogP contribution in [-0.2, 0) is 30.9 Å². The molecule has 3 aromatic rings. The molecule has 1 unspecified atom stereocenters. The Labute approximate surface area is 190 Å². The van der Waals surface area contributed by atoms with Crippen LogP contribution in [0.15, 0.2) is 54.6 Å². The van der Waals surface area contributed by atoms with Crippen molar-refractivity contribution in [2.75, 3.05) is 23.9 Å². The average molecular weight is 467 g/mol. The Balaban J connectivity index is 1.43. The van der Waals surface area contributed by atoms with Crippen LogP contribution in [0.3, 0.4) is 0 Å². The van der Waals surface area contributed by atoms with Crippen LogP contribution in [0.2, 0.25) is 0 Å². The molecule has 0 radical (unpaired) electrons. The van der Waals surface area contributed by atoms with Crippen LogP contribution in [0.4, 0.5) is 11.5 Å². The van der Waals surface area contributed by atoms with E-state index in [1.165, 1.54) is 7.11 Å². The van der Waals surface area contributed by atoms with Gasteiger partial charge in [-0.3, -0.25) is 9.59 Å². The van der Waals surface area contributed by atoms with Crippen molar-refractivity contribution in [2.45, 2.75) is 17.9 Å². The van der Waals surface area contributed by atoms with Gasteiger partial charge in [0.15, 0.2) is 9.84 Å². The van der Waals surface area contributed by atoms with Crippen molar-refractivity contribution in [1.82, 2.24) is 9.78 Å². The normalized spacial score (nSPS) is 18.9. The number of aromatic nitrogens is 2. The Bertz CT molecular complexity index is 1350. The Morgan fingerprint density at radius 3 is 2.58 bits per heavy atom. The topological polar surface area (TPSA) is 111 Å². The number of hydrogen-bond donors (Lipinski definition) is 1. The molecule has 9 nitrogen and oxygen atoms in total. The van der Waals surface area contributed by atoms with Crippen LogP contribution in [0.1, 0.15) is 17.7 Å². The third kappa shape index (κ3) is 3.86. The fourth-order valence-corrected chi connectivity index (χ4v) is 5.81. The fourth-order valence-electron chi connectivity index (χ4n) is 4.31. The minimum atomic E-state index is -3.30. The SMILES string of the molecule is COc1ccccc1N1CC(C(=O)Nc2c3c(nn2-c2ccccc2)CS(=O)(=O)C3)CC1=O. The predicted octanol–water partition coefficient (Wildman–Crippen LogP) is 2.30. The number of para-hydroxylation sites is 3. The number of benzene rings is 2. The summed E-state index contributed by atoms with van der Waals surface area (Å²) in [6.45, 7) is 0.199. The first-order valence-corrected chi connectivity index (χ1v) is 12.3. The molecule has 0 saturated carbocycles. The highest BCUT2D eigenvalue weighted by Crippen LogP contribution is 2.35. The second-order valence-corrected chi connectivity index (χ2v) is 10.2. The lowest BCUT2D eigenvalue weighted by Gasteiger charge is -2.19. The molecular formula is C23H22N4O5S. The summed E-state index contributed by atoms with van der Waals surface area (Å²) in [6, 6.07) is 16.4. The number of carbonyl (C=O) groups excluding carboxylic acids is 2. The van der Waals surface area contributed by atoms with Gasteiger partial charge in [0, 0.05) is 18.5 Å². The van der Waals surface area contributed by atoms with Gasteiger partial charge in [0.05, 0.1) is 41.6 Å². The zero-order valence-corrected chi connectivity index (χ0v) is 18.7. The second kappa shape index (κ2) is 8.04. The number of hydrogen-bond acceptors (Lipinski definition) is 6. The minimum Gasteiger partial charge on any atom is -0.495 e. The average Bonchev–Trinajstić information content (AvgIpc) is 3.44. The predicted molar refractivity (Wildman–Crippen MR) is 122 cm³/mol. The summed E-state index contributed by atoms with van der Waals surface area (Å²) in [5, 5.41) is 7.34. The molecule has 1 aromatic heterocycles. The van der Waals surface area contributed by atoms with E-state index in [9.17, 15) is 18.0 Å². The molecule has 0 aliphatic carbocycles. The molecule has 0 bridgehead atoms. The van der Waals surface area contributed by atoms with E-state index >= 15 is 0 Å². The lowest BCUT2D eigenvalue weighted by molar-refractivity contribution is -0.122. The molecule has 1 fully saturated rings. The van der Waals surface area contributed by atoms with E-state index in [1.807, 2.05) is 36.4 Å². The van der Waals surface area contributed by atoms with E-state index in [-0.39, 0.29) is 36.3 Å². The van der Waals surface area contributed by atoms with Crippen molar-refractivity contribution in [3.8, 4) is 11.4 Å². The fraction of sp³-hybridized carbons (Fsp3) is 0.261. The Hall–Kier alpha value is -3.66. The Morgan fingerprint density at radius 1 is 1.09 bits per heavy atom. The summed E-state index contributed by atoms with van der Waals surface area (Å²) in [5.74, 6) is -0.581. The molecule has 2 aliphatic rings. The maximum Gasteiger partial charge on any atom is 0.230 e. The lowest BCUT2D eigenvalue weighted by Crippen LogP contribution is -2.29. The van der Waals surface area contributed by atoms with E-state index in [4.69, 9.17) is 4.74 Å². The van der Waals surface area contributed by atoms with Crippen LogP contribution < -0.4 is 15.0 Å². The second-order valence-electron chi connectivity index (χ2n) is 8.12. The van der Waals surface area contributed by atoms with Crippen molar-refractivity contribution in [3.05, 3.63) is 65.9 Å². The van der Waals surface area contributed by atoms with Crippen LogP contribution >= 0.6 is 0 Å². The van der Waals surface area contributed by atoms with Crippen molar-refractivity contribution in [2.24, 2.45) is 5.92 Å². The number of methoxy groups -OCH3 is 1. The van der Waals surface area contributed by atoms with Gasteiger partial charge in [0.2, 0.25) is 11.8 Å².